The molecule has 1 unspecified atom stereocenters. The average Bonchev–Trinajstić information content (AvgIpc) is 2.53. The molecule has 22 heavy (non-hydrogen) atoms. The molecule has 0 aliphatic rings. The largest absolute Gasteiger partial charge is 0.489 e. The molecule has 0 amide bonds. The van der Waals surface area contributed by atoms with Crippen molar-refractivity contribution >= 4 is 17.6 Å². The number of rotatable bonds is 7. The van der Waals surface area contributed by atoms with Crippen molar-refractivity contribution < 1.29 is 14.6 Å². The van der Waals surface area contributed by atoms with Crippen molar-refractivity contribution in [1.82, 2.24) is 5.32 Å². The van der Waals surface area contributed by atoms with E-state index in [0.29, 0.717) is 18.2 Å². The van der Waals surface area contributed by atoms with Crippen LogP contribution in [0.5, 0.6) is 5.75 Å². The number of nitrogens with one attached hydrogen (secondary N) is 1. The third-order valence-corrected chi connectivity index (χ3v) is 3.48. The first kappa shape index (κ1) is 16.3. The fourth-order valence-electron chi connectivity index (χ4n) is 1.81. The Bertz CT molecular complexity index is 611. The highest BCUT2D eigenvalue weighted by Gasteiger charge is 2.09. The van der Waals surface area contributed by atoms with Crippen molar-refractivity contribution in [2.24, 2.45) is 0 Å². The van der Waals surface area contributed by atoms with Crippen LogP contribution in [0, 0.1) is 0 Å². The van der Waals surface area contributed by atoms with E-state index in [1.807, 2.05) is 48.5 Å². The monoisotopic (exact) mass is 319 g/mol. The number of hydrogen-bond acceptors (Lipinski definition) is 3. The van der Waals surface area contributed by atoms with Gasteiger partial charge >= 0.3 is 5.97 Å². The van der Waals surface area contributed by atoms with E-state index in [4.69, 9.17) is 21.4 Å². The molecule has 0 aliphatic carbocycles. The minimum Gasteiger partial charge on any atom is -0.489 e. The number of halogens is 1. The van der Waals surface area contributed by atoms with Crippen LogP contribution in [0.4, 0.5) is 0 Å². The van der Waals surface area contributed by atoms with Crippen LogP contribution in [0.2, 0.25) is 5.02 Å². The molecule has 1 atom stereocenters. The van der Waals surface area contributed by atoms with Crippen LogP contribution in [-0.4, -0.2) is 17.1 Å². The molecular formula is C17H18ClNO3. The van der Waals surface area contributed by atoms with E-state index in [-0.39, 0.29) is 0 Å². The Balaban J connectivity index is 1.83. The first-order chi connectivity index (χ1) is 10.5. The van der Waals surface area contributed by atoms with Crippen LogP contribution in [0.3, 0.4) is 0 Å². The molecule has 5 heteroatoms. The van der Waals surface area contributed by atoms with Crippen LogP contribution in [-0.2, 0) is 17.9 Å². The maximum atomic E-state index is 10.7. The second-order valence-electron chi connectivity index (χ2n) is 5.00. The summed E-state index contributed by atoms with van der Waals surface area (Å²) in [6.45, 7) is 2.60. The van der Waals surface area contributed by atoms with Gasteiger partial charge in [0.25, 0.3) is 0 Å². The van der Waals surface area contributed by atoms with Gasteiger partial charge in [0, 0.05) is 11.6 Å². The molecule has 2 aromatic rings. The van der Waals surface area contributed by atoms with Crippen molar-refractivity contribution in [3.8, 4) is 5.75 Å². The molecule has 2 rings (SSSR count). The third kappa shape index (κ3) is 5.06. The van der Waals surface area contributed by atoms with Gasteiger partial charge in [-0.3, -0.25) is 4.79 Å². The number of carboxylic acids is 1. The Morgan fingerprint density at radius 1 is 1.14 bits per heavy atom. The Morgan fingerprint density at radius 2 is 1.73 bits per heavy atom. The molecule has 0 saturated carbocycles. The van der Waals surface area contributed by atoms with Gasteiger partial charge in [-0.1, -0.05) is 35.9 Å². The van der Waals surface area contributed by atoms with Crippen LogP contribution in [0.25, 0.3) is 0 Å². The molecule has 0 radical (unpaired) electrons. The zero-order chi connectivity index (χ0) is 15.9. The lowest BCUT2D eigenvalue weighted by Gasteiger charge is -2.10. The summed E-state index contributed by atoms with van der Waals surface area (Å²) in [7, 11) is 0. The van der Waals surface area contributed by atoms with E-state index in [2.05, 4.69) is 5.32 Å². The summed E-state index contributed by atoms with van der Waals surface area (Å²) in [5.74, 6) is -0.0899. The predicted molar refractivity (Wildman–Crippen MR) is 86.2 cm³/mol. The maximum absolute atomic E-state index is 10.7. The van der Waals surface area contributed by atoms with Gasteiger partial charge in [-0.25, -0.2) is 0 Å². The maximum Gasteiger partial charge on any atom is 0.320 e. The van der Waals surface area contributed by atoms with Crippen LogP contribution in [0.1, 0.15) is 18.1 Å². The highest BCUT2D eigenvalue weighted by Crippen LogP contribution is 2.15. The lowest BCUT2D eigenvalue weighted by atomic mass is 10.2. The zero-order valence-corrected chi connectivity index (χ0v) is 13.0. The van der Waals surface area contributed by atoms with Gasteiger partial charge in [0.2, 0.25) is 0 Å². The van der Waals surface area contributed by atoms with Gasteiger partial charge < -0.3 is 15.2 Å². The molecular weight excluding hydrogens is 302 g/mol. The highest BCUT2D eigenvalue weighted by molar-refractivity contribution is 6.30. The molecule has 4 nitrogen and oxygen atoms in total. The Labute approximate surface area is 134 Å². The average molecular weight is 320 g/mol. The molecule has 0 fully saturated rings. The quantitative estimate of drug-likeness (QED) is 0.820. The Morgan fingerprint density at radius 3 is 2.32 bits per heavy atom. The fourth-order valence-corrected chi connectivity index (χ4v) is 1.94. The van der Waals surface area contributed by atoms with E-state index in [1.165, 1.54) is 0 Å². The van der Waals surface area contributed by atoms with Crippen LogP contribution in [0.15, 0.2) is 48.5 Å². The molecule has 0 bridgehead atoms. The Hall–Kier alpha value is -2.04. The number of carbonyl (C=O) groups is 1. The van der Waals surface area contributed by atoms with E-state index >= 15 is 0 Å². The summed E-state index contributed by atoms with van der Waals surface area (Å²) >= 11 is 5.83. The van der Waals surface area contributed by atoms with Crippen molar-refractivity contribution in [3.63, 3.8) is 0 Å². The smallest absolute Gasteiger partial charge is 0.320 e. The summed E-state index contributed by atoms with van der Waals surface area (Å²) in [6, 6.07) is 14.5. The fraction of sp³-hybridized carbons (Fsp3) is 0.235. The molecule has 0 aliphatic heterocycles. The van der Waals surface area contributed by atoms with Crippen molar-refractivity contribution in [1.29, 1.82) is 0 Å². The molecule has 0 aromatic heterocycles. The van der Waals surface area contributed by atoms with E-state index in [9.17, 15) is 4.79 Å². The van der Waals surface area contributed by atoms with Crippen molar-refractivity contribution in [3.05, 3.63) is 64.7 Å². The second-order valence-corrected chi connectivity index (χ2v) is 5.44. The van der Waals surface area contributed by atoms with Gasteiger partial charge in [0.15, 0.2) is 0 Å². The minimum absolute atomic E-state index is 0.477. The number of aliphatic carboxylic acids is 1. The van der Waals surface area contributed by atoms with Crippen molar-refractivity contribution in [2.45, 2.75) is 26.1 Å². The predicted octanol–water partition coefficient (Wildman–Crippen LogP) is 3.48. The van der Waals surface area contributed by atoms with Gasteiger partial charge in [0.05, 0.1) is 0 Å². The van der Waals surface area contributed by atoms with Crippen molar-refractivity contribution in [2.75, 3.05) is 0 Å². The standard InChI is InChI=1S/C17H18ClNO3/c1-12(17(20)21)19-10-13-4-8-16(9-5-13)22-11-14-2-6-15(18)7-3-14/h2-9,12,19H,10-11H2,1H3,(H,20,21). The molecule has 0 heterocycles. The molecule has 0 spiro atoms. The number of carboxylic acid groups (broad SMARTS) is 1. The summed E-state index contributed by atoms with van der Waals surface area (Å²) < 4.78 is 5.69. The van der Waals surface area contributed by atoms with E-state index in [1.54, 1.807) is 6.92 Å². The van der Waals surface area contributed by atoms with Crippen LogP contribution >= 0.6 is 11.6 Å². The SMILES string of the molecule is CC(NCc1ccc(OCc2ccc(Cl)cc2)cc1)C(=O)O. The summed E-state index contributed by atoms with van der Waals surface area (Å²) in [5, 5.41) is 12.4. The number of benzene rings is 2. The molecule has 0 saturated heterocycles. The highest BCUT2D eigenvalue weighted by atomic mass is 35.5. The minimum atomic E-state index is -0.858. The van der Waals surface area contributed by atoms with Gasteiger partial charge in [-0.2, -0.15) is 0 Å². The number of ether oxygens (including phenoxy) is 1. The first-order valence-electron chi connectivity index (χ1n) is 6.97. The Kier molecular flexibility index (Phi) is 5.81. The van der Waals surface area contributed by atoms with E-state index in [0.717, 1.165) is 16.9 Å². The number of hydrogen-bond donors (Lipinski definition) is 2. The normalized spacial score (nSPS) is 11.9. The molecule has 2 aromatic carbocycles. The first-order valence-corrected chi connectivity index (χ1v) is 7.35. The topological polar surface area (TPSA) is 58.6 Å². The second kappa shape index (κ2) is 7.82. The zero-order valence-electron chi connectivity index (χ0n) is 12.3. The lowest BCUT2D eigenvalue weighted by molar-refractivity contribution is -0.139. The summed E-state index contributed by atoms with van der Waals surface area (Å²) in [6.07, 6.45) is 0. The molecule has 116 valence electrons. The van der Waals surface area contributed by atoms with E-state index < -0.39 is 12.0 Å². The van der Waals surface area contributed by atoms with Gasteiger partial charge in [0.1, 0.15) is 18.4 Å². The lowest BCUT2D eigenvalue weighted by Crippen LogP contribution is -2.33. The summed E-state index contributed by atoms with van der Waals surface area (Å²) in [4.78, 5) is 10.7. The molecule has 2 N–H and O–H groups in total. The third-order valence-electron chi connectivity index (χ3n) is 3.22. The van der Waals surface area contributed by atoms with Gasteiger partial charge in [-0.05, 0) is 42.3 Å². The summed E-state index contributed by atoms with van der Waals surface area (Å²) in [5.41, 5.74) is 2.05. The van der Waals surface area contributed by atoms with Gasteiger partial charge in [-0.15, -0.1) is 0 Å². The van der Waals surface area contributed by atoms with Crippen LogP contribution < -0.4 is 10.1 Å².